The minimum atomic E-state index is -3.64. The summed E-state index contributed by atoms with van der Waals surface area (Å²) in [6, 6.07) is 0. The maximum Gasteiger partial charge on any atom is 0.322 e. The summed E-state index contributed by atoms with van der Waals surface area (Å²) in [5.74, 6) is 0. The van der Waals surface area contributed by atoms with Gasteiger partial charge in [-0.15, -0.1) is 0 Å². The van der Waals surface area contributed by atoms with Gasteiger partial charge in [0, 0.05) is 13.8 Å². The summed E-state index contributed by atoms with van der Waals surface area (Å²) in [6.07, 6.45) is 0. The van der Waals surface area contributed by atoms with Crippen molar-refractivity contribution in [3.63, 3.8) is 0 Å². The van der Waals surface area contributed by atoms with Gasteiger partial charge in [0.05, 0.1) is 0 Å². The number of hydrogen-bond acceptors (Lipinski definition) is 3. The molecule has 0 aromatic carbocycles. The smallest absolute Gasteiger partial charge is 0.322 e. The van der Waals surface area contributed by atoms with E-state index in [-0.39, 0.29) is 0 Å². The first-order valence-electron chi connectivity index (χ1n) is 2.07. The van der Waals surface area contributed by atoms with Gasteiger partial charge in [-0.25, -0.2) is 0 Å². The van der Waals surface area contributed by atoms with Crippen LogP contribution >= 0.6 is 15.9 Å². The Labute approximate surface area is 58.9 Å². The van der Waals surface area contributed by atoms with E-state index in [2.05, 4.69) is 4.52 Å². The maximum absolute atomic E-state index is 9.33. The van der Waals surface area contributed by atoms with Gasteiger partial charge >= 0.3 is 15.9 Å². The molecule has 0 aliphatic carbocycles. The highest BCUT2D eigenvalue weighted by Gasteiger charge is 1.95. The Hall–Kier alpha value is 0.300. The van der Waals surface area contributed by atoms with Gasteiger partial charge in [0.15, 0.2) is 0 Å². The molecule has 6 nitrogen and oxygen atoms in total. The lowest BCUT2D eigenvalue weighted by atomic mass is 11.8. The van der Waals surface area contributed by atoms with Gasteiger partial charge in [0.2, 0.25) is 0 Å². The van der Waals surface area contributed by atoms with E-state index in [1.807, 2.05) is 0 Å². The van der Waals surface area contributed by atoms with E-state index in [9.17, 15) is 9.13 Å². The van der Waals surface area contributed by atoms with Crippen LogP contribution in [0.15, 0.2) is 0 Å². The molecule has 0 rings (SSSR count). The molecule has 0 heterocycles. The van der Waals surface area contributed by atoms with Crippen molar-refractivity contribution in [2.45, 2.75) is 0 Å². The topological polar surface area (TPSA) is 104 Å². The van der Waals surface area contributed by atoms with Gasteiger partial charge in [0.25, 0.3) is 0 Å². The third-order valence-electron chi connectivity index (χ3n) is 0.175. The second-order valence-corrected chi connectivity index (χ2v) is 3.92. The normalized spacial score (nSPS) is 13.3. The summed E-state index contributed by atoms with van der Waals surface area (Å²) >= 11 is 0. The predicted octanol–water partition coefficient (Wildman–Crippen LogP) is -0.191. The van der Waals surface area contributed by atoms with Crippen molar-refractivity contribution in [3.8, 4) is 0 Å². The van der Waals surface area contributed by atoms with E-state index < -0.39 is 15.9 Å². The van der Waals surface area contributed by atoms with Crippen molar-refractivity contribution in [3.05, 3.63) is 0 Å². The molecular formula is C2H10O6P2. The van der Waals surface area contributed by atoms with Crippen LogP contribution in [0.4, 0.5) is 0 Å². The van der Waals surface area contributed by atoms with Gasteiger partial charge in [-0.05, 0) is 0 Å². The fourth-order valence-corrected chi connectivity index (χ4v) is 0. The molecule has 0 aromatic rings. The van der Waals surface area contributed by atoms with Crippen LogP contribution in [0.3, 0.4) is 0 Å². The van der Waals surface area contributed by atoms with Crippen LogP contribution in [0, 0.1) is 0 Å². The lowest BCUT2D eigenvalue weighted by Gasteiger charge is -1.84. The molecule has 0 radical (unpaired) electrons. The zero-order valence-electron chi connectivity index (χ0n) is 5.51. The predicted molar refractivity (Wildman–Crippen MR) is 36.2 cm³/mol. The van der Waals surface area contributed by atoms with Crippen LogP contribution in [0.1, 0.15) is 0 Å². The summed E-state index contributed by atoms with van der Waals surface area (Å²) in [5.41, 5.74) is 0. The van der Waals surface area contributed by atoms with Crippen molar-refractivity contribution < 1.29 is 28.3 Å². The van der Waals surface area contributed by atoms with E-state index in [1.54, 1.807) is 0 Å². The molecule has 8 heteroatoms. The highest BCUT2D eigenvalue weighted by atomic mass is 31.2. The second kappa shape index (κ2) is 6.04. The van der Waals surface area contributed by atoms with Gasteiger partial charge in [-0.3, -0.25) is 9.13 Å². The quantitative estimate of drug-likeness (QED) is 0.497. The van der Waals surface area contributed by atoms with E-state index >= 15 is 0 Å². The molecule has 0 bridgehead atoms. The zero-order chi connectivity index (χ0) is 8.78. The van der Waals surface area contributed by atoms with Crippen LogP contribution in [0.5, 0.6) is 0 Å². The van der Waals surface area contributed by atoms with Crippen molar-refractivity contribution in [1.29, 1.82) is 0 Å². The highest BCUT2D eigenvalue weighted by molar-refractivity contribution is 7.50. The molecule has 0 aliphatic heterocycles. The summed E-state index contributed by atoms with van der Waals surface area (Å²) < 4.78 is 22.5. The Balaban J connectivity index is 0. The van der Waals surface area contributed by atoms with Gasteiger partial charge < -0.3 is 19.2 Å². The molecule has 1 unspecified atom stereocenters. The molecule has 0 amide bonds. The molecule has 0 aliphatic rings. The van der Waals surface area contributed by atoms with Crippen LogP contribution < -0.4 is 0 Å². The van der Waals surface area contributed by atoms with Crippen LogP contribution in [-0.2, 0) is 13.7 Å². The van der Waals surface area contributed by atoms with Crippen LogP contribution in [-0.4, -0.2) is 28.5 Å². The van der Waals surface area contributed by atoms with Gasteiger partial charge in [-0.1, -0.05) is 0 Å². The minimum absolute atomic E-state index is 0.854. The third-order valence-corrected chi connectivity index (χ3v) is 0.524. The number of rotatable bonds is 1. The van der Waals surface area contributed by atoms with Crippen molar-refractivity contribution >= 4 is 15.9 Å². The fraction of sp³-hybridized carbons (Fsp3) is 1.00. The first-order chi connectivity index (χ1) is 4.27. The monoisotopic (exact) mass is 192 g/mol. The second-order valence-electron chi connectivity index (χ2n) is 1.31. The molecule has 64 valence electrons. The van der Waals surface area contributed by atoms with Crippen LogP contribution in [0.25, 0.3) is 0 Å². The van der Waals surface area contributed by atoms with Gasteiger partial charge in [0.1, 0.15) is 0 Å². The molecule has 1 atom stereocenters. The molecule has 0 fully saturated rings. The van der Waals surface area contributed by atoms with Gasteiger partial charge in [-0.2, -0.15) is 0 Å². The minimum Gasteiger partial charge on any atom is -0.326 e. The first kappa shape index (κ1) is 12.9. The van der Waals surface area contributed by atoms with E-state index in [1.165, 1.54) is 7.11 Å². The molecule has 0 saturated heterocycles. The standard InChI is InChI=1S/2CH5O3P/c1-5(2,3)4;1-4-5(2)3/h1H3,(H2,2,3,4);5H,1H3,(H,2,3). The Bertz CT molecular complexity index is 128. The zero-order valence-corrected chi connectivity index (χ0v) is 7.41. The molecule has 0 saturated carbocycles. The molecule has 0 aromatic heterocycles. The summed E-state index contributed by atoms with van der Waals surface area (Å²) in [6.45, 7) is 0.854. The van der Waals surface area contributed by atoms with E-state index in [0.29, 0.717) is 0 Å². The lowest BCUT2D eigenvalue weighted by Crippen LogP contribution is -1.64. The average molecular weight is 192 g/mol. The molecule has 0 spiro atoms. The third kappa shape index (κ3) is 83.6. The van der Waals surface area contributed by atoms with E-state index in [0.717, 1.165) is 6.66 Å². The summed E-state index contributed by atoms with van der Waals surface area (Å²) in [7, 11) is -5.08. The first-order valence-corrected chi connectivity index (χ1v) is 5.39. The number of hydrogen-bond donors (Lipinski definition) is 3. The Morgan fingerprint density at radius 1 is 1.50 bits per heavy atom. The average Bonchev–Trinajstić information content (AvgIpc) is 1.61. The van der Waals surface area contributed by atoms with Crippen molar-refractivity contribution in [1.82, 2.24) is 0 Å². The van der Waals surface area contributed by atoms with E-state index in [4.69, 9.17) is 14.7 Å². The fourth-order valence-electron chi connectivity index (χ4n) is 0. The highest BCUT2D eigenvalue weighted by Crippen LogP contribution is 2.26. The molecule has 10 heavy (non-hydrogen) atoms. The van der Waals surface area contributed by atoms with Crippen molar-refractivity contribution in [2.75, 3.05) is 13.8 Å². The molecule has 3 N–H and O–H groups in total. The summed E-state index contributed by atoms with van der Waals surface area (Å²) in [4.78, 5) is 22.9. The Morgan fingerprint density at radius 2 is 1.60 bits per heavy atom. The van der Waals surface area contributed by atoms with Crippen LogP contribution in [0.2, 0.25) is 0 Å². The maximum atomic E-state index is 9.33. The van der Waals surface area contributed by atoms with Crippen molar-refractivity contribution in [2.24, 2.45) is 0 Å². The Kier molecular flexibility index (Phi) is 7.81. The summed E-state index contributed by atoms with van der Waals surface area (Å²) in [5, 5.41) is 0. The lowest BCUT2D eigenvalue weighted by molar-refractivity contribution is 0.343. The Morgan fingerprint density at radius 3 is 1.60 bits per heavy atom. The largest absolute Gasteiger partial charge is 0.326 e. The SMILES string of the molecule is CO[PH](=O)O.CP(=O)(O)O. The molecular weight excluding hydrogens is 182 g/mol.